The van der Waals surface area contributed by atoms with E-state index in [9.17, 15) is 13.6 Å². The predicted molar refractivity (Wildman–Crippen MR) is 65.6 cm³/mol. The van der Waals surface area contributed by atoms with E-state index in [4.69, 9.17) is 9.84 Å². The van der Waals surface area contributed by atoms with E-state index in [1.807, 2.05) is 0 Å². The predicted octanol–water partition coefficient (Wildman–Crippen LogP) is 0.975. The average Bonchev–Trinajstić information content (AvgIpc) is 2.37. The number of hydrogen-bond donors (Lipinski definition) is 1. The van der Waals surface area contributed by atoms with E-state index in [1.54, 1.807) is 0 Å². The summed E-state index contributed by atoms with van der Waals surface area (Å²) < 4.78 is 31.0. The van der Waals surface area contributed by atoms with Gasteiger partial charge in [0.2, 0.25) is 5.91 Å². The molecule has 0 saturated carbocycles. The van der Waals surface area contributed by atoms with Crippen LogP contribution in [0.1, 0.15) is 5.56 Å². The summed E-state index contributed by atoms with van der Waals surface area (Å²) in [5.74, 6) is -1.76. The number of benzene rings is 1. The second kappa shape index (κ2) is 7.81. The van der Waals surface area contributed by atoms with Crippen molar-refractivity contribution in [2.24, 2.45) is 0 Å². The maximum absolute atomic E-state index is 13.4. The number of nitrogens with zero attached hydrogens (tertiary/aromatic N) is 1. The van der Waals surface area contributed by atoms with Crippen molar-refractivity contribution in [1.82, 2.24) is 4.90 Å². The molecule has 0 aliphatic carbocycles. The first-order valence-electron chi connectivity index (χ1n) is 5.90. The summed E-state index contributed by atoms with van der Waals surface area (Å²) in [6.07, 6.45) is -0.171. The van der Waals surface area contributed by atoms with E-state index in [1.165, 1.54) is 18.1 Å². The number of aliphatic hydroxyl groups is 1. The standard InChI is InChI=1S/C13H17F2NO3/c1-19-7-5-16(4-6-17)13(18)8-10-2-3-11(14)9-12(10)15/h2-3,9,17H,4-8H2,1H3. The minimum atomic E-state index is -0.746. The fourth-order valence-corrected chi connectivity index (χ4v) is 1.62. The number of amides is 1. The van der Waals surface area contributed by atoms with Gasteiger partial charge in [0.15, 0.2) is 0 Å². The van der Waals surface area contributed by atoms with Gasteiger partial charge in [0.1, 0.15) is 11.6 Å². The highest BCUT2D eigenvalue weighted by Crippen LogP contribution is 2.11. The molecule has 0 bridgehead atoms. The van der Waals surface area contributed by atoms with Gasteiger partial charge < -0.3 is 14.7 Å². The molecule has 0 aliphatic rings. The Hall–Kier alpha value is -1.53. The minimum absolute atomic E-state index is 0.131. The second-order valence-corrected chi connectivity index (χ2v) is 4.01. The van der Waals surface area contributed by atoms with Crippen molar-refractivity contribution in [2.45, 2.75) is 6.42 Å². The van der Waals surface area contributed by atoms with Gasteiger partial charge in [0, 0.05) is 26.3 Å². The zero-order chi connectivity index (χ0) is 14.3. The van der Waals surface area contributed by atoms with Gasteiger partial charge >= 0.3 is 0 Å². The molecule has 0 unspecified atom stereocenters. The molecule has 1 amide bonds. The van der Waals surface area contributed by atoms with Crippen LogP contribution in [0.15, 0.2) is 18.2 Å². The SMILES string of the molecule is COCCN(CCO)C(=O)Cc1ccc(F)cc1F. The Labute approximate surface area is 110 Å². The molecule has 1 aromatic rings. The maximum Gasteiger partial charge on any atom is 0.227 e. The molecule has 0 heterocycles. The van der Waals surface area contributed by atoms with Crippen molar-refractivity contribution in [2.75, 3.05) is 33.4 Å². The Kier molecular flexibility index (Phi) is 6.38. The Morgan fingerprint density at radius 3 is 2.68 bits per heavy atom. The summed E-state index contributed by atoms with van der Waals surface area (Å²) in [4.78, 5) is 13.3. The number of halogens is 2. The molecule has 0 aromatic heterocycles. The normalized spacial score (nSPS) is 10.5. The second-order valence-electron chi connectivity index (χ2n) is 4.01. The monoisotopic (exact) mass is 273 g/mol. The van der Waals surface area contributed by atoms with Crippen LogP contribution in [0.4, 0.5) is 8.78 Å². The summed E-state index contributed by atoms with van der Waals surface area (Å²) in [6, 6.07) is 3.10. The molecule has 0 spiro atoms. The Morgan fingerprint density at radius 1 is 1.37 bits per heavy atom. The van der Waals surface area contributed by atoms with E-state index in [-0.39, 0.29) is 31.0 Å². The van der Waals surface area contributed by atoms with Crippen LogP contribution >= 0.6 is 0 Å². The van der Waals surface area contributed by atoms with Crippen LogP contribution in [0, 0.1) is 11.6 Å². The van der Waals surface area contributed by atoms with Gasteiger partial charge in [0.05, 0.1) is 19.6 Å². The first-order valence-corrected chi connectivity index (χ1v) is 5.90. The van der Waals surface area contributed by atoms with Gasteiger partial charge in [0.25, 0.3) is 0 Å². The quantitative estimate of drug-likeness (QED) is 0.805. The molecule has 106 valence electrons. The molecule has 1 N–H and O–H groups in total. The van der Waals surface area contributed by atoms with Gasteiger partial charge in [-0.3, -0.25) is 4.79 Å². The number of hydrogen-bond acceptors (Lipinski definition) is 3. The molecule has 1 rings (SSSR count). The minimum Gasteiger partial charge on any atom is -0.395 e. The Morgan fingerprint density at radius 2 is 2.11 bits per heavy atom. The fraction of sp³-hybridized carbons (Fsp3) is 0.462. The number of methoxy groups -OCH3 is 1. The van der Waals surface area contributed by atoms with Gasteiger partial charge in [-0.15, -0.1) is 0 Å². The maximum atomic E-state index is 13.4. The smallest absolute Gasteiger partial charge is 0.227 e. The molecule has 0 atom stereocenters. The van der Waals surface area contributed by atoms with Crippen LogP contribution < -0.4 is 0 Å². The summed E-state index contributed by atoms with van der Waals surface area (Å²) in [7, 11) is 1.50. The van der Waals surface area contributed by atoms with E-state index in [0.717, 1.165) is 12.1 Å². The molecule has 1 aromatic carbocycles. The highest BCUT2D eigenvalue weighted by Gasteiger charge is 2.15. The van der Waals surface area contributed by atoms with Crippen molar-refractivity contribution >= 4 is 5.91 Å². The molecule has 0 aliphatic heterocycles. The van der Waals surface area contributed by atoms with Gasteiger partial charge in [-0.05, 0) is 11.6 Å². The van der Waals surface area contributed by atoms with Crippen molar-refractivity contribution < 1.29 is 23.4 Å². The van der Waals surface area contributed by atoms with E-state index >= 15 is 0 Å². The van der Waals surface area contributed by atoms with Crippen molar-refractivity contribution in [3.63, 3.8) is 0 Å². The number of ether oxygens (including phenoxy) is 1. The molecule has 4 nitrogen and oxygen atoms in total. The van der Waals surface area contributed by atoms with Gasteiger partial charge in [-0.25, -0.2) is 8.78 Å². The Bertz CT molecular complexity index is 426. The zero-order valence-corrected chi connectivity index (χ0v) is 10.7. The van der Waals surface area contributed by atoms with E-state index < -0.39 is 11.6 Å². The van der Waals surface area contributed by atoms with Crippen LogP contribution in [0.25, 0.3) is 0 Å². The van der Waals surface area contributed by atoms with E-state index in [0.29, 0.717) is 13.2 Å². The number of aliphatic hydroxyl groups excluding tert-OH is 1. The third-order valence-corrected chi connectivity index (χ3v) is 2.64. The number of carbonyl (C=O) groups excluding carboxylic acids is 1. The van der Waals surface area contributed by atoms with Gasteiger partial charge in [-0.2, -0.15) is 0 Å². The van der Waals surface area contributed by atoms with Crippen molar-refractivity contribution in [3.05, 3.63) is 35.4 Å². The van der Waals surface area contributed by atoms with Crippen LogP contribution in [-0.2, 0) is 16.0 Å². The number of carbonyl (C=O) groups is 1. The fourth-order valence-electron chi connectivity index (χ4n) is 1.62. The lowest BCUT2D eigenvalue weighted by atomic mass is 10.1. The third kappa shape index (κ3) is 4.92. The summed E-state index contributed by atoms with van der Waals surface area (Å²) >= 11 is 0. The molecular weight excluding hydrogens is 256 g/mol. The van der Waals surface area contributed by atoms with Crippen LogP contribution in [-0.4, -0.2) is 49.3 Å². The zero-order valence-electron chi connectivity index (χ0n) is 10.7. The first kappa shape index (κ1) is 15.5. The van der Waals surface area contributed by atoms with Crippen molar-refractivity contribution in [1.29, 1.82) is 0 Å². The molecular formula is C13H17F2NO3. The van der Waals surface area contributed by atoms with Gasteiger partial charge in [-0.1, -0.05) is 6.07 Å². The summed E-state index contributed by atoms with van der Waals surface area (Å²) in [5, 5.41) is 8.88. The average molecular weight is 273 g/mol. The lowest BCUT2D eigenvalue weighted by Crippen LogP contribution is -2.37. The highest BCUT2D eigenvalue weighted by molar-refractivity contribution is 5.78. The van der Waals surface area contributed by atoms with Crippen LogP contribution in [0.2, 0.25) is 0 Å². The lowest BCUT2D eigenvalue weighted by molar-refractivity contribution is -0.131. The molecule has 6 heteroatoms. The Balaban J connectivity index is 2.69. The molecule has 0 saturated heterocycles. The topological polar surface area (TPSA) is 49.8 Å². The molecule has 0 radical (unpaired) electrons. The summed E-state index contributed by atoms with van der Waals surface area (Å²) in [6.45, 7) is 0.628. The van der Waals surface area contributed by atoms with Crippen molar-refractivity contribution in [3.8, 4) is 0 Å². The lowest BCUT2D eigenvalue weighted by Gasteiger charge is -2.21. The van der Waals surface area contributed by atoms with E-state index in [2.05, 4.69) is 0 Å². The van der Waals surface area contributed by atoms with Crippen LogP contribution in [0.5, 0.6) is 0 Å². The largest absolute Gasteiger partial charge is 0.395 e. The molecule has 0 fully saturated rings. The molecule has 19 heavy (non-hydrogen) atoms. The summed E-state index contributed by atoms with van der Waals surface area (Å²) in [5.41, 5.74) is 0.131. The first-order chi connectivity index (χ1) is 9.08. The third-order valence-electron chi connectivity index (χ3n) is 2.64. The van der Waals surface area contributed by atoms with Crippen LogP contribution in [0.3, 0.4) is 0 Å². The highest BCUT2D eigenvalue weighted by atomic mass is 19.1. The number of rotatable bonds is 7.